The Morgan fingerprint density at radius 3 is 2.50 bits per heavy atom. The molecule has 1 aliphatic rings. The van der Waals surface area contributed by atoms with Gasteiger partial charge in [0.05, 0.1) is 12.6 Å². The summed E-state index contributed by atoms with van der Waals surface area (Å²) in [7, 11) is 0. The fourth-order valence-corrected chi connectivity index (χ4v) is 4.05. The number of primary amides is 1. The molecule has 2 unspecified atom stereocenters. The summed E-state index contributed by atoms with van der Waals surface area (Å²) >= 11 is 6.01. The molecule has 0 fully saturated rings. The van der Waals surface area contributed by atoms with E-state index in [0.717, 1.165) is 16.9 Å². The van der Waals surface area contributed by atoms with Gasteiger partial charge in [0.15, 0.2) is 0 Å². The Morgan fingerprint density at radius 1 is 1.25 bits per heavy atom. The van der Waals surface area contributed by atoms with Gasteiger partial charge in [-0.15, -0.1) is 0 Å². The van der Waals surface area contributed by atoms with E-state index >= 15 is 0 Å². The Hall–Kier alpha value is -2.57. The van der Waals surface area contributed by atoms with Crippen LogP contribution in [0.15, 0.2) is 42.5 Å². The number of carbonyl (C=O) groups excluding carboxylic acids is 2. The largest absolute Gasteiger partial charge is 0.395 e. The predicted octanol–water partition coefficient (Wildman–Crippen LogP) is 3.12. The van der Waals surface area contributed by atoms with E-state index < -0.39 is 5.91 Å². The molecule has 0 saturated carbocycles. The summed E-state index contributed by atoms with van der Waals surface area (Å²) in [6.07, 6.45) is 0.650. The molecular weight excluding hydrogens is 378 g/mol. The number of nitrogens with zero attached hydrogens (tertiary/aromatic N) is 2. The molecule has 0 saturated heterocycles. The van der Waals surface area contributed by atoms with E-state index in [1.54, 1.807) is 29.2 Å². The molecule has 0 aromatic heterocycles. The maximum Gasteiger partial charge on any atom is 0.248 e. The number of fused-ring (bicyclic) bond motifs is 1. The van der Waals surface area contributed by atoms with Crippen molar-refractivity contribution in [3.63, 3.8) is 0 Å². The molecule has 7 heteroatoms. The van der Waals surface area contributed by atoms with Crippen LogP contribution in [0.3, 0.4) is 0 Å². The van der Waals surface area contributed by atoms with Crippen LogP contribution in [0.25, 0.3) is 0 Å². The van der Waals surface area contributed by atoms with Crippen molar-refractivity contribution < 1.29 is 14.7 Å². The molecular formula is C21H24ClN3O3. The summed E-state index contributed by atoms with van der Waals surface area (Å²) in [5.74, 6) is -0.625. The Morgan fingerprint density at radius 2 is 1.93 bits per heavy atom. The van der Waals surface area contributed by atoms with Gasteiger partial charge in [0.1, 0.15) is 0 Å². The first-order valence-corrected chi connectivity index (χ1v) is 9.58. The molecule has 6 nitrogen and oxygen atoms in total. The van der Waals surface area contributed by atoms with Crippen LogP contribution in [-0.4, -0.2) is 36.1 Å². The van der Waals surface area contributed by atoms with Crippen LogP contribution >= 0.6 is 11.6 Å². The van der Waals surface area contributed by atoms with E-state index in [2.05, 4.69) is 11.8 Å². The molecule has 2 atom stereocenters. The standard InChI is InChI=1S/C21H24ClN3O3/c1-13-11-20(25(14(2)27)17-6-4-16(22)5-7-17)18-12-15(21(23)28)3-8-19(18)24(13)9-10-26/h3-8,12-13,20,26H,9-11H2,1-2H3,(H2,23,28). The molecule has 2 amide bonds. The van der Waals surface area contributed by atoms with E-state index in [9.17, 15) is 14.7 Å². The highest BCUT2D eigenvalue weighted by atomic mass is 35.5. The minimum atomic E-state index is -0.519. The molecule has 1 heterocycles. The molecule has 0 spiro atoms. The maximum absolute atomic E-state index is 12.6. The second-order valence-electron chi connectivity index (χ2n) is 7.02. The summed E-state index contributed by atoms with van der Waals surface area (Å²) in [5.41, 5.74) is 8.35. The van der Waals surface area contributed by atoms with Crippen LogP contribution in [0.4, 0.5) is 11.4 Å². The quantitative estimate of drug-likeness (QED) is 0.805. The van der Waals surface area contributed by atoms with Crippen LogP contribution in [0.2, 0.25) is 5.02 Å². The fraction of sp³-hybridized carbons (Fsp3) is 0.333. The molecule has 2 aromatic rings. The average Bonchev–Trinajstić information content (AvgIpc) is 2.65. The lowest BCUT2D eigenvalue weighted by Gasteiger charge is -2.44. The molecule has 0 aliphatic carbocycles. The van der Waals surface area contributed by atoms with Gasteiger partial charge < -0.3 is 20.6 Å². The van der Waals surface area contributed by atoms with Crippen molar-refractivity contribution in [1.82, 2.24) is 0 Å². The summed E-state index contributed by atoms with van der Waals surface area (Å²) in [6.45, 7) is 4.07. The van der Waals surface area contributed by atoms with Crippen molar-refractivity contribution in [2.45, 2.75) is 32.4 Å². The maximum atomic E-state index is 12.6. The van der Waals surface area contributed by atoms with E-state index in [-0.39, 0.29) is 24.6 Å². The topological polar surface area (TPSA) is 86.9 Å². The minimum Gasteiger partial charge on any atom is -0.395 e. The summed E-state index contributed by atoms with van der Waals surface area (Å²) in [6, 6.07) is 12.2. The van der Waals surface area contributed by atoms with Gasteiger partial charge in [0, 0.05) is 41.5 Å². The molecule has 0 bridgehead atoms. The number of nitrogens with two attached hydrogens (primary N) is 1. The lowest BCUT2D eigenvalue weighted by Crippen LogP contribution is -2.46. The van der Waals surface area contributed by atoms with Gasteiger partial charge in [0.2, 0.25) is 11.8 Å². The van der Waals surface area contributed by atoms with Gasteiger partial charge in [0.25, 0.3) is 0 Å². The third-order valence-electron chi connectivity index (χ3n) is 5.17. The summed E-state index contributed by atoms with van der Waals surface area (Å²) in [5, 5.41) is 10.1. The highest BCUT2D eigenvalue weighted by molar-refractivity contribution is 6.30. The van der Waals surface area contributed by atoms with Crippen LogP contribution < -0.4 is 15.5 Å². The highest BCUT2D eigenvalue weighted by Crippen LogP contribution is 2.42. The second kappa shape index (κ2) is 8.20. The predicted molar refractivity (Wildman–Crippen MR) is 111 cm³/mol. The smallest absolute Gasteiger partial charge is 0.248 e. The number of rotatable bonds is 5. The van der Waals surface area contributed by atoms with Gasteiger partial charge in [-0.25, -0.2) is 0 Å². The number of benzene rings is 2. The Kier molecular flexibility index (Phi) is 5.91. The zero-order valence-corrected chi connectivity index (χ0v) is 16.7. The summed E-state index contributed by atoms with van der Waals surface area (Å²) < 4.78 is 0. The van der Waals surface area contributed by atoms with Crippen molar-refractivity contribution in [3.05, 3.63) is 58.6 Å². The van der Waals surface area contributed by atoms with Crippen LogP contribution in [0, 0.1) is 0 Å². The molecule has 28 heavy (non-hydrogen) atoms. The molecule has 3 rings (SSSR count). The molecule has 2 aromatic carbocycles. The molecule has 3 N–H and O–H groups in total. The highest BCUT2D eigenvalue weighted by Gasteiger charge is 2.35. The van der Waals surface area contributed by atoms with Crippen molar-refractivity contribution in [3.8, 4) is 0 Å². The van der Waals surface area contributed by atoms with Crippen LogP contribution in [0.5, 0.6) is 0 Å². The normalized spacial score (nSPS) is 18.5. The van der Waals surface area contributed by atoms with Crippen LogP contribution in [-0.2, 0) is 4.79 Å². The van der Waals surface area contributed by atoms with E-state index in [1.807, 2.05) is 18.2 Å². The number of aliphatic hydroxyl groups is 1. The van der Waals surface area contributed by atoms with E-state index in [4.69, 9.17) is 17.3 Å². The monoisotopic (exact) mass is 401 g/mol. The third-order valence-corrected chi connectivity index (χ3v) is 5.43. The van der Waals surface area contributed by atoms with Gasteiger partial charge in [-0.05, 0) is 61.4 Å². The number of hydrogen-bond acceptors (Lipinski definition) is 4. The van der Waals surface area contributed by atoms with Gasteiger partial charge in [-0.1, -0.05) is 11.6 Å². The van der Waals surface area contributed by atoms with Gasteiger partial charge in [-0.2, -0.15) is 0 Å². The number of carbonyl (C=O) groups is 2. The molecule has 148 valence electrons. The SMILES string of the molecule is CC(=O)N(c1ccc(Cl)cc1)C1CC(C)N(CCO)c2ccc(C(N)=O)cc21. The Labute approximate surface area is 169 Å². The van der Waals surface area contributed by atoms with Gasteiger partial charge >= 0.3 is 0 Å². The summed E-state index contributed by atoms with van der Waals surface area (Å²) in [4.78, 5) is 28.2. The first-order chi connectivity index (χ1) is 13.3. The first kappa shape index (κ1) is 20.2. The lowest BCUT2D eigenvalue weighted by atomic mass is 9.88. The average molecular weight is 402 g/mol. The van der Waals surface area contributed by atoms with Crippen molar-refractivity contribution in [2.24, 2.45) is 5.73 Å². The number of halogens is 1. The lowest BCUT2D eigenvalue weighted by molar-refractivity contribution is -0.117. The second-order valence-corrected chi connectivity index (χ2v) is 7.46. The zero-order chi connectivity index (χ0) is 20.4. The number of hydrogen-bond donors (Lipinski definition) is 2. The van der Waals surface area contributed by atoms with Crippen molar-refractivity contribution >= 4 is 34.8 Å². The first-order valence-electron chi connectivity index (χ1n) is 9.20. The number of β-amino-alcohol motifs (C(OH)–C–C–N with tert-alkyl or cyclic N) is 1. The van der Waals surface area contributed by atoms with E-state index in [0.29, 0.717) is 23.6 Å². The third kappa shape index (κ3) is 3.84. The number of aliphatic hydroxyl groups excluding tert-OH is 1. The zero-order valence-electron chi connectivity index (χ0n) is 15.9. The number of anilines is 2. The van der Waals surface area contributed by atoms with Crippen molar-refractivity contribution in [1.29, 1.82) is 0 Å². The fourth-order valence-electron chi connectivity index (χ4n) is 3.93. The Bertz CT molecular complexity index is 885. The molecule has 0 radical (unpaired) electrons. The van der Waals surface area contributed by atoms with Gasteiger partial charge in [-0.3, -0.25) is 9.59 Å². The molecule has 1 aliphatic heterocycles. The number of amides is 2. The van der Waals surface area contributed by atoms with E-state index in [1.165, 1.54) is 6.92 Å². The van der Waals surface area contributed by atoms with Crippen LogP contribution in [0.1, 0.15) is 42.2 Å². The Balaban J connectivity index is 2.15. The van der Waals surface area contributed by atoms with Crippen molar-refractivity contribution in [2.75, 3.05) is 23.0 Å². The minimum absolute atomic E-state index is 0.0135.